The second-order valence-corrected chi connectivity index (χ2v) is 6.30. The number of amides is 2. The van der Waals surface area contributed by atoms with Crippen LogP contribution in [0.5, 0.6) is 5.75 Å². The van der Waals surface area contributed by atoms with E-state index in [0.717, 1.165) is 6.07 Å². The number of carbonyl (C=O) groups is 1. The minimum atomic E-state index is -2.92. The van der Waals surface area contributed by atoms with Crippen LogP contribution in [0.25, 0.3) is 0 Å². The molecule has 0 spiro atoms. The third kappa shape index (κ3) is 5.24. The minimum Gasteiger partial charge on any atom is -0.494 e. The second-order valence-electron chi connectivity index (χ2n) is 6.30. The maximum absolute atomic E-state index is 13.8. The van der Waals surface area contributed by atoms with Crippen LogP contribution in [-0.4, -0.2) is 55.6 Å². The molecule has 0 bridgehead atoms. The SMILES string of the molecule is COc1ccc([C@@H](NC(=O)N(C)Cc2cnc(N(C)C)nc2)C(F)F)cc1F. The van der Waals surface area contributed by atoms with Crippen molar-refractivity contribution >= 4 is 12.0 Å². The molecule has 1 N–H and O–H groups in total. The topological polar surface area (TPSA) is 70.6 Å². The Bertz CT molecular complexity index is 802. The van der Waals surface area contributed by atoms with Gasteiger partial charge in [0, 0.05) is 39.1 Å². The Balaban J connectivity index is 2.07. The van der Waals surface area contributed by atoms with Gasteiger partial charge in [-0.1, -0.05) is 6.07 Å². The maximum Gasteiger partial charge on any atom is 0.318 e. The number of urea groups is 1. The number of nitrogens with zero attached hydrogens (tertiary/aromatic N) is 4. The Labute approximate surface area is 161 Å². The lowest BCUT2D eigenvalue weighted by Gasteiger charge is -2.24. The fraction of sp³-hybridized carbons (Fsp3) is 0.389. The van der Waals surface area contributed by atoms with Crippen LogP contribution in [0.1, 0.15) is 17.2 Å². The molecule has 0 aliphatic heterocycles. The van der Waals surface area contributed by atoms with Crippen LogP contribution in [0, 0.1) is 5.82 Å². The van der Waals surface area contributed by atoms with E-state index in [4.69, 9.17) is 4.74 Å². The number of hydrogen-bond acceptors (Lipinski definition) is 5. The number of alkyl halides is 2. The quantitative estimate of drug-likeness (QED) is 0.778. The molecule has 1 atom stereocenters. The molecule has 0 saturated carbocycles. The Hall–Kier alpha value is -3.04. The molecule has 0 unspecified atom stereocenters. The smallest absolute Gasteiger partial charge is 0.318 e. The predicted molar refractivity (Wildman–Crippen MR) is 98.1 cm³/mol. The highest BCUT2D eigenvalue weighted by Gasteiger charge is 2.26. The summed E-state index contributed by atoms with van der Waals surface area (Å²) in [7, 11) is 6.31. The van der Waals surface area contributed by atoms with Crippen LogP contribution < -0.4 is 15.0 Å². The zero-order valence-corrected chi connectivity index (χ0v) is 16.0. The average Bonchev–Trinajstić information content (AvgIpc) is 2.65. The fourth-order valence-corrected chi connectivity index (χ4v) is 2.42. The lowest BCUT2D eigenvalue weighted by molar-refractivity contribution is 0.0971. The van der Waals surface area contributed by atoms with Gasteiger partial charge in [0.05, 0.1) is 13.7 Å². The normalized spacial score (nSPS) is 11.9. The number of hydrogen-bond donors (Lipinski definition) is 1. The zero-order chi connectivity index (χ0) is 20.8. The number of carbonyl (C=O) groups excluding carboxylic acids is 1. The zero-order valence-electron chi connectivity index (χ0n) is 16.0. The number of nitrogens with one attached hydrogen (secondary N) is 1. The summed E-state index contributed by atoms with van der Waals surface area (Å²) in [6, 6.07) is 1.04. The Kier molecular flexibility index (Phi) is 7.02. The lowest BCUT2D eigenvalue weighted by Crippen LogP contribution is -2.41. The summed E-state index contributed by atoms with van der Waals surface area (Å²) in [5, 5.41) is 2.23. The highest BCUT2D eigenvalue weighted by molar-refractivity contribution is 5.74. The molecule has 1 aromatic carbocycles. The fourth-order valence-electron chi connectivity index (χ4n) is 2.42. The van der Waals surface area contributed by atoms with Gasteiger partial charge in [-0.05, 0) is 17.7 Å². The molecule has 28 heavy (non-hydrogen) atoms. The molecule has 1 heterocycles. The molecule has 0 fully saturated rings. The van der Waals surface area contributed by atoms with Gasteiger partial charge >= 0.3 is 6.03 Å². The van der Waals surface area contributed by atoms with Crippen molar-refractivity contribution in [2.24, 2.45) is 0 Å². The largest absolute Gasteiger partial charge is 0.494 e. The van der Waals surface area contributed by atoms with Gasteiger partial charge in [-0.25, -0.2) is 27.9 Å². The average molecular weight is 397 g/mol. The van der Waals surface area contributed by atoms with Crippen LogP contribution >= 0.6 is 0 Å². The predicted octanol–water partition coefficient (Wildman–Crippen LogP) is 2.84. The van der Waals surface area contributed by atoms with E-state index in [9.17, 15) is 18.0 Å². The van der Waals surface area contributed by atoms with Crippen molar-refractivity contribution in [1.82, 2.24) is 20.2 Å². The number of aromatic nitrogens is 2. The van der Waals surface area contributed by atoms with Gasteiger partial charge in [0.1, 0.15) is 6.04 Å². The summed E-state index contributed by atoms with van der Waals surface area (Å²) in [5.74, 6) is -0.345. The van der Waals surface area contributed by atoms with Crippen molar-refractivity contribution in [2.75, 3.05) is 33.2 Å². The number of ether oxygens (including phenoxy) is 1. The summed E-state index contributed by atoms with van der Waals surface area (Å²) in [5.41, 5.74) is 0.570. The first-order valence-electron chi connectivity index (χ1n) is 8.34. The van der Waals surface area contributed by atoms with Gasteiger partial charge in [-0.2, -0.15) is 0 Å². The Morgan fingerprint density at radius 3 is 2.36 bits per heavy atom. The number of halogens is 3. The van der Waals surface area contributed by atoms with Gasteiger partial charge in [-0.3, -0.25) is 0 Å². The summed E-state index contributed by atoms with van der Waals surface area (Å²) in [4.78, 5) is 23.5. The standard InChI is InChI=1S/C18H22F3N5O2/c1-25(2)17-22-8-11(9-23-17)10-26(3)18(27)24-15(16(20)21)12-5-6-14(28-4)13(19)7-12/h5-9,15-16H,10H2,1-4H3,(H,24,27)/t15-/m1/s1. The number of benzene rings is 1. The molecule has 0 saturated heterocycles. The summed E-state index contributed by atoms with van der Waals surface area (Å²) in [6.07, 6.45) is 0.179. The summed E-state index contributed by atoms with van der Waals surface area (Å²) < 4.78 is 45.5. The Morgan fingerprint density at radius 2 is 1.86 bits per heavy atom. The molecule has 2 amide bonds. The first-order chi connectivity index (χ1) is 13.2. The second kappa shape index (κ2) is 9.25. The van der Waals surface area contributed by atoms with E-state index in [-0.39, 0.29) is 17.9 Å². The molecule has 0 aliphatic rings. The van der Waals surface area contributed by atoms with Crippen molar-refractivity contribution < 1.29 is 22.7 Å². The van der Waals surface area contributed by atoms with E-state index in [1.165, 1.54) is 31.2 Å². The van der Waals surface area contributed by atoms with Gasteiger partial charge in [0.2, 0.25) is 5.95 Å². The van der Waals surface area contributed by atoms with E-state index in [2.05, 4.69) is 15.3 Å². The molecule has 7 nitrogen and oxygen atoms in total. The molecule has 10 heteroatoms. The van der Waals surface area contributed by atoms with E-state index >= 15 is 0 Å². The lowest BCUT2D eigenvalue weighted by atomic mass is 10.1. The first-order valence-corrected chi connectivity index (χ1v) is 8.34. The third-order valence-corrected chi connectivity index (χ3v) is 3.92. The highest BCUT2D eigenvalue weighted by atomic mass is 19.3. The van der Waals surface area contributed by atoms with Crippen LogP contribution in [0.3, 0.4) is 0 Å². The van der Waals surface area contributed by atoms with Gasteiger partial charge in [0.15, 0.2) is 11.6 Å². The third-order valence-electron chi connectivity index (χ3n) is 3.92. The van der Waals surface area contributed by atoms with Crippen molar-refractivity contribution in [2.45, 2.75) is 19.0 Å². The van der Waals surface area contributed by atoms with Gasteiger partial charge in [0.25, 0.3) is 6.43 Å². The molecular formula is C18H22F3N5O2. The highest BCUT2D eigenvalue weighted by Crippen LogP contribution is 2.26. The first kappa shape index (κ1) is 21.3. The maximum atomic E-state index is 13.8. The Morgan fingerprint density at radius 1 is 1.21 bits per heavy atom. The van der Waals surface area contributed by atoms with Crippen molar-refractivity contribution in [3.8, 4) is 5.75 Å². The molecule has 1 aromatic heterocycles. The van der Waals surface area contributed by atoms with Gasteiger partial charge in [-0.15, -0.1) is 0 Å². The minimum absolute atomic E-state index is 0.0614. The molecule has 2 aromatic rings. The molecular weight excluding hydrogens is 375 g/mol. The number of methoxy groups -OCH3 is 1. The van der Waals surface area contributed by atoms with Crippen LogP contribution in [-0.2, 0) is 6.54 Å². The van der Waals surface area contributed by atoms with Crippen molar-refractivity contribution in [3.05, 3.63) is 47.5 Å². The van der Waals surface area contributed by atoms with E-state index in [1.807, 2.05) is 0 Å². The monoisotopic (exact) mass is 397 g/mol. The van der Waals surface area contributed by atoms with Crippen LogP contribution in [0.15, 0.2) is 30.6 Å². The van der Waals surface area contributed by atoms with E-state index in [0.29, 0.717) is 11.5 Å². The number of rotatable bonds is 7. The molecule has 0 aliphatic carbocycles. The van der Waals surface area contributed by atoms with Crippen molar-refractivity contribution in [1.29, 1.82) is 0 Å². The molecule has 2 rings (SSSR count). The van der Waals surface area contributed by atoms with E-state index in [1.54, 1.807) is 31.4 Å². The van der Waals surface area contributed by atoms with E-state index < -0.39 is 24.3 Å². The van der Waals surface area contributed by atoms with Gasteiger partial charge < -0.3 is 19.9 Å². The molecule has 0 radical (unpaired) electrons. The van der Waals surface area contributed by atoms with Crippen LogP contribution in [0.4, 0.5) is 23.9 Å². The van der Waals surface area contributed by atoms with Crippen LogP contribution in [0.2, 0.25) is 0 Å². The number of anilines is 1. The molecule has 152 valence electrons. The summed E-state index contributed by atoms with van der Waals surface area (Å²) in [6.45, 7) is 0.118. The summed E-state index contributed by atoms with van der Waals surface area (Å²) >= 11 is 0. The van der Waals surface area contributed by atoms with Crippen molar-refractivity contribution in [3.63, 3.8) is 0 Å².